The van der Waals surface area contributed by atoms with Crippen LogP contribution in [-0.2, 0) is 22.3 Å². The van der Waals surface area contributed by atoms with Crippen molar-refractivity contribution in [3.8, 4) is 0 Å². The Morgan fingerprint density at radius 2 is 1.20 bits per heavy atom. The molecule has 2 aliphatic heterocycles. The molecule has 0 unspecified atom stereocenters. The van der Waals surface area contributed by atoms with Crippen LogP contribution in [0.2, 0.25) is 0 Å². The summed E-state index contributed by atoms with van der Waals surface area (Å²) in [4.78, 5) is 9.65. The van der Waals surface area contributed by atoms with Crippen molar-refractivity contribution in [3.05, 3.63) is 70.8 Å². The molecule has 0 saturated heterocycles. The topological polar surface area (TPSA) is 43.2 Å². The van der Waals surface area contributed by atoms with Gasteiger partial charge in [0.05, 0.1) is 6.42 Å². The Morgan fingerprint density at radius 3 is 1.72 bits per heavy atom. The van der Waals surface area contributed by atoms with Crippen molar-refractivity contribution in [1.82, 2.24) is 0 Å². The Labute approximate surface area is 146 Å². The zero-order chi connectivity index (χ0) is 16.4. The molecule has 4 nitrogen and oxygen atoms in total. The molecule has 4 atom stereocenters. The molecule has 0 bridgehead atoms. The van der Waals surface area contributed by atoms with Crippen molar-refractivity contribution in [3.63, 3.8) is 0 Å². The Morgan fingerprint density at radius 1 is 0.720 bits per heavy atom. The molecule has 2 aliphatic carbocycles. The zero-order valence-corrected chi connectivity index (χ0v) is 13.8. The highest BCUT2D eigenvalue weighted by molar-refractivity contribution is 5.98. The van der Waals surface area contributed by atoms with Gasteiger partial charge < -0.3 is 9.47 Å². The van der Waals surface area contributed by atoms with Gasteiger partial charge in [-0.15, -0.1) is 0 Å². The predicted octanol–water partition coefficient (Wildman–Crippen LogP) is 3.57. The van der Waals surface area contributed by atoms with E-state index in [1.54, 1.807) is 0 Å². The maximum absolute atomic E-state index is 6.11. The van der Waals surface area contributed by atoms with Crippen molar-refractivity contribution < 1.29 is 9.47 Å². The van der Waals surface area contributed by atoms with Crippen molar-refractivity contribution in [1.29, 1.82) is 0 Å². The fourth-order valence-corrected chi connectivity index (χ4v) is 4.62. The second-order valence-corrected chi connectivity index (χ2v) is 7.23. The number of ether oxygens (including phenoxy) is 2. The van der Waals surface area contributed by atoms with Gasteiger partial charge in [-0.1, -0.05) is 48.5 Å². The highest BCUT2D eigenvalue weighted by atomic mass is 16.5. The molecule has 0 spiro atoms. The summed E-state index contributed by atoms with van der Waals surface area (Å²) in [7, 11) is 0. The molecule has 0 amide bonds. The average Bonchev–Trinajstić information content (AvgIpc) is 3.33. The normalized spacial score (nSPS) is 30.6. The van der Waals surface area contributed by atoms with E-state index in [0.29, 0.717) is 6.42 Å². The Kier molecular flexibility index (Phi) is 2.70. The highest BCUT2D eigenvalue weighted by Gasteiger charge is 2.42. The van der Waals surface area contributed by atoms with E-state index in [1.165, 1.54) is 22.3 Å². The first kappa shape index (κ1) is 13.6. The lowest BCUT2D eigenvalue weighted by Crippen LogP contribution is -2.17. The standard InChI is InChI=1S/C21H18N2O2/c1-3-7-14-12(5-1)9-16-20(14)22-18(24-16)11-19-23-21-15-8-4-2-6-13(15)10-17(21)25-19/h1-8,16-17,20-21H,9-11H2/t16-,17+,20-,21+. The summed E-state index contributed by atoms with van der Waals surface area (Å²) in [5.74, 6) is 1.55. The van der Waals surface area contributed by atoms with Crippen molar-refractivity contribution in [2.24, 2.45) is 9.98 Å². The molecule has 4 aliphatic rings. The van der Waals surface area contributed by atoms with Crippen molar-refractivity contribution in [2.75, 3.05) is 0 Å². The van der Waals surface area contributed by atoms with Gasteiger partial charge in [-0.2, -0.15) is 0 Å². The van der Waals surface area contributed by atoms with Crippen LogP contribution in [0.5, 0.6) is 0 Å². The molecule has 0 N–H and O–H groups in total. The van der Waals surface area contributed by atoms with E-state index < -0.39 is 0 Å². The summed E-state index contributed by atoms with van der Waals surface area (Å²) in [6.07, 6.45) is 2.76. The van der Waals surface area contributed by atoms with Crippen LogP contribution in [0, 0.1) is 0 Å². The van der Waals surface area contributed by atoms with Crippen LogP contribution in [-0.4, -0.2) is 24.0 Å². The van der Waals surface area contributed by atoms with Gasteiger partial charge >= 0.3 is 0 Å². The van der Waals surface area contributed by atoms with Gasteiger partial charge in [0, 0.05) is 12.8 Å². The van der Waals surface area contributed by atoms with Gasteiger partial charge in [-0.3, -0.25) is 0 Å². The maximum Gasteiger partial charge on any atom is 0.193 e. The molecule has 6 rings (SSSR count). The molecule has 4 heteroatoms. The molecule has 2 aromatic carbocycles. The van der Waals surface area contributed by atoms with E-state index in [9.17, 15) is 0 Å². The maximum atomic E-state index is 6.11. The minimum Gasteiger partial charge on any atom is -0.474 e. The quantitative estimate of drug-likeness (QED) is 0.845. The van der Waals surface area contributed by atoms with Crippen LogP contribution >= 0.6 is 0 Å². The van der Waals surface area contributed by atoms with Crippen LogP contribution < -0.4 is 0 Å². The number of fused-ring (bicyclic) bond motifs is 6. The van der Waals surface area contributed by atoms with Crippen LogP contribution in [0.3, 0.4) is 0 Å². The van der Waals surface area contributed by atoms with Gasteiger partial charge in [0.1, 0.15) is 24.3 Å². The van der Waals surface area contributed by atoms with E-state index in [1.807, 2.05) is 0 Å². The molecular weight excluding hydrogens is 312 g/mol. The van der Waals surface area contributed by atoms with Gasteiger partial charge in [0.25, 0.3) is 0 Å². The Balaban J connectivity index is 1.23. The van der Waals surface area contributed by atoms with E-state index in [2.05, 4.69) is 48.5 Å². The number of aliphatic imine (C=N–C) groups is 2. The molecule has 2 heterocycles. The first-order valence-electron chi connectivity index (χ1n) is 8.97. The Bertz CT molecular complexity index is 857. The molecule has 0 fully saturated rings. The second-order valence-electron chi connectivity index (χ2n) is 7.23. The number of nitrogens with zero attached hydrogens (tertiary/aromatic N) is 2. The fraction of sp³-hybridized carbons (Fsp3) is 0.333. The Hall–Kier alpha value is -2.62. The summed E-state index contributed by atoms with van der Waals surface area (Å²) in [5.41, 5.74) is 5.34. The van der Waals surface area contributed by atoms with Gasteiger partial charge in [0.15, 0.2) is 11.8 Å². The van der Waals surface area contributed by atoms with Crippen molar-refractivity contribution in [2.45, 2.75) is 43.6 Å². The molecule has 2 aromatic rings. The number of hydrogen-bond acceptors (Lipinski definition) is 4. The van der Waals surface area contributed by atoms with E-state index >= 15 is 0 Å². The smallest absolute Gasteiger partial charge is 0.193 e. The summed E-state index contributed by atoms with van der Waals surface area (Å²) >= 11 is 0. The summed E-state index contributed by atoms with van der Waals surface area (Å²) in [5, 5.41) is 0. The first-order valence-corrected chi connectivity index (χ1v) is 8.97. The third-order valence-electron chi connectivity index (χ3n) is 5.74. The zero-order valence-electron chi connectivity index (χ0n) is 13.8. The average molecular weight is 330 g/mol. The molecular formula is C21H18N2O2. The lowest BCUT2D eigenvalue weighted by molar-refractivity contribution is 0.192. The summed E-state index contributed by atoms with van der Waals surface area (Å²) in [6.45, 7) is 0. The van der Waals surface area contributed by atoms with Crippen molar-refractivity contribution >= 4 is 11.8 Å². The minimum atomic E-state index is 0.147. The monoisotopic (exact) mass is 330 g/mol. The molecule has 124 valence electrons. The second kappa shape index (κ2) is 4.94. The van der Waals surface area contributed by atoms with E-state index in [4.69, 9.17) is 19.5 Å². The number of benzene rings is 2. The summed E-state index contributed by atoms with van der Waals surface area (Å²) in [6, 6.07) is 17.3. The van der Waals surface area contributed by atoms with Crippen LogP contribution in [0.1, 0.15) is 40.8 Å². The highest BCUT2D eigenvalue weighted by Crippen LogP contribution is 2.42. The number of rotatable bonds is 2. The van der Waals surface area contributed by atoms with Crippen LogP contribution in [0.4, 0.5) is 0 Å². The van der Waals surface area contributed by atoms with Crippen LogP contribution in [0.15, 0.2) is 58.5 Å². The molecule has 0 radical (unpaired) electrons. The minimum absolute atomic E-state index is 0.147. The largest absolute Gasteiger partial charge is 0.474 e. The number of hydrogen-bond donors (Lipinski definition) is 0. The first-order chi connectivity index (χ1) is 12.3. The van der Waals surface area contributed by atoms with Gasteiger partial charge in [0.2, 0.25) is 0 Å². The predicted molar refractivity (Wildman–Crippen MR) is 95.0 cm³/mol. The van der Waals surface area contributed by atoms with Gasteiger partial charge in [-0.25, -0.2) is 9.98 Å². The third-order valence-corrected chi connectivity index (χ3v) is 5.74. The SMILES string of the molecule is c1ccc2c(c1)C[C@H]1OC(CC3=N[C@H]4c5ccccc5C[C@@H]4O3)=N[C@H]21. The lowest BCUT2D eigenvalue weighted by atomic mass is 10.1. The van der Waals surface area contributed by atoms with E-state index in [0.717, 1.165) is 24.6 Å². The molecule has 25 heavy (non-hydrogen) atoms. The van der Waals surface area contributed by atoms with Gasteiger partial charge in [-0.05, 0) is 22.3 Å². The molecule has 0 aromatic heterocycles. The van der Waals surface area contributed by atoms with E-state index in [-0.39, 0.29) is 24.3 Å². The fourth-order valence-electron chi connectivity index (χ4n) is 4.62. The third kappa shape index (κ3) is 2.00. The van der Waals surface area contributed by atoms with Crippen LogP contribution in [0.25, 0.3) is 0 Å². The lowest BCUT2D eigenvalue weighted by Gasteiger charge is -2.10. The molecule has 0 saturated carbocycles. The summed E-state index contributed by atoms with van der Waals surface area (Å²) < 4.78 is 12.2.